The number of piperidine rings is 2. The Hall–Kier alpha value is -3.19. The number of amides is 2. The van der Waals surface area contributed by atoms with Crippen LogP contribution in [0, 0.1) is 11.7 Å². The third-order valence-electron chi connectivity index (χ3n) is 9.07. The molecule has 2 aromatic carbocycles. The molecule has 6 nitrogen and oxygen atoms in total. The second-order valence-electron chi connectivity index (χ2n) is 12.3. The lowest BCUT2D eigenvalue weighted by atomic mass is 9.81. The standard InChI is InChI=1S/C31H33F7N2O4/c1-17(19-11-21(30(33,34)35)15-22(12-19)31(36,37)38)44-25-16-40-24(27(25)18-3-5-23(32)6-4-18)13-20(14-26(40)41)28(42)39-9-7-29(2,43)8-10-39/h3-6,11-12,15,17,20,24-25,27,43H,7-10,13-14,16H2,1-2H3/t17-,20?,24+,25+,27?/m1/s1. The number of carbonyl (C=O) groups excluding carboxylic acids is 2. The van der Waals surface area contributed by atoms with Crippen LogP contribution in [0.4, 0.5) is 30.7 Å². The monoisotopic (exact) mass is 630 g/mol. The molecule has 2 amide bonds. The molecule has 13 heteroatoms. The van der Waals surface area contributed by atoms with Crippen molar-refractivity contribution in [1.82, 2.24) is 9.80 Å². The molecular formula is C31H33F7N2O4. The molecule has 0 aliphatic carbocycles. The third-order valence-corrected chi connectivity index (χ3v) is 9.07. The largest absolute Gasteiger partial charge is 0.416 e. The molecule has 1 N–H and O–H groups in total. The van der Waals surface area contributed by atoms with Crippen LogP contribution in [0.25, 0.3) is 0 Å². The van der Waals surface area contributed by atoms with Crippen molar-refractivity contribution in [3.63, 3.8) is 0 Å². The van der Waals surface area contributed by atoms with Crippen molar-refractivity contribution in [2.24, 2.45) is 5.92 Å². The number of fused-ring (bicyclic) bond motifs is 1. The van der Waals surface area contributed by atoms with E-state index in [0.29, 0.717) is 43.6 Å². The van der Waals surface area contributed by atoms with Crippen LogP contribution in [0.1, 0.15) is 73.8 Å². The van der Waals surface area contributed by atoms with Gasteiger partial charge < -0.3 is 19.6 Å². The van der Waals surface area contributed by atoms with Crippen molar-refractivity contribution in [3.8, 4) is 0 Å². The van der Waals surface area contributed by atoms with Gasteiger partial charge >= 0.3 is 12.4 Å². The third kappa shape index (κ3) is 6.73. The van der Waals surface area contributed by atoms with E-state index in [9.17, 15) is 45.4 Å². The summed E-state index contributed by atoms with van der Waals surface area (Å²) in [6.07, 6.45) is -11.2. The second-order valence-corrected chi connectivity index (χ2v) is 12.3. The Morgan fingerprint density at radius 3 is 2.11 bits per heavy atom. The molecule has 44 heavy (non-hydrogen) atoms. The van der Waals surface area contributed by atoms with E-state index in [2.05, 4.69) is 0 Å². The number of carbonyl (C=O) groups is 2. The molecule has 2 aromatic rings. The molecule has 0 spiro atoms. The van der Waals surface area contributed by atoms with Gasteiger partial charge in [0.2, 0.25) is 11.8 Å². The van der Waals surface area contributed by atoms with E-state index < -0.39 is 65.0 Å². The highest BCUT2D eigenvalue weighted by molar-refractivity contribution is 5.88. The molecule has 3 saturated heterocycles. The van der Waals surface area contributed by atoms with Crippen LogP contribution >= 0.6 is 0 Å². The van der Waals surface area contributed by atoms with Crippen LogP contribution in [0.5, 0.6) is 0 Å². The zero-order valence-corrected chi connectivity index (χ0v) is 24.1. The highest BCUT2D eigenvalue weighted by atomic mass is 19.4. The van der Waals surface area contributed by atoms with Gasteiger partial charge in [0.1, 0.15) is 5.82 Å². The van der Waals surface area contributed by atoms with Crippen LogP contribution in [0.15, 0.2) is 42.5 Å². The van der Waals surface area contributed by atoms with E-state index in [0.717, 1.165) is 0 Å². The molecular weight excluding hydrogens is 597 g/mol. The number of halogens is 7. The summed E-state index contributed by atoms with van der Waals surface area (Å²) in [6.45, 7) is 3.72. The first-order chi connectivity index (χ1) is 20.4. The average Bonchev–Trinajstić information content (AvgIpc) is 3.30. The van der Waals surface area contributed by atoms with Crippen molar-refractivity contribution in [3.05, 3.63) is 70.5 Å². The number of aliphatic hydroxyl groups is 1. The number of hydrogen-bond donors (Lipinski definition) is 1. The van der Waals surface area contributed by atoms with Gasteiger partial charge in [0.25, 0.3) is 0 Å². The van der Waals surface area contributed by atoms with Crippen molar-refractivity contribution in [2.45, 2.75) is 81.7 Å². The number of nitrogens with zero attached hydrogens (tertiary/aromatic N) is 2. The van der Waals surface area contributed by atoms with Gasteiger partial charge in [0.15, 0.2) is 0 Å². The molecule has 0 saturated carbocycles. The van der Waals surface area contributed by atoms with Crippen molar-refractivity contribution < 1.29 is 50.2 Å². The molecule has 3 aliphatic rings. The smallest absolute Gasteiger partial charge is 0.390 e. The Kier molecular flexibility index (Phi) is 8.51. The van der Waals surface area contributed by atoms with E-state index in [1.165, 1.54) is 31.2 Å². The Morgan fingerprint density at radius 1 is 1.00 bits per heavy atom. The lowest BCUT2D eigenvalue weighted by molar-refractivity contribution is -0.149. The Labute approximate surface area is 249 Å². The number of rotatable bonds is 5. The number of hydrogen-bond acceptors (Lipinski definition) is 4. The fraction of sp³-hybridized carbons (Fsp3) is 0.548. The van der Waals surface area contributed by atoms with E-state index in [1.54, 1.807) is 16.7 Å². The summed E-state index contributed by atoms with van der Waals surface area (Å²) < 4.78 is 101. The molecule has 3 heterocycles. The van der Waals surface area contributed by atoms with Crippen LogP contribution < -0.4 is 0 Å². The van der Waals surface area contributed by atoms with Crippen LogP contribution in [0.3, 0.4) is 0 Å². The lowest BCUT2D eigenvalue weighted by Gasteiger charge is -2.41. The van der Waals surface area contributed by atoms with E-state index in [-0.39, 0.29) is 42.8 Å². The Bertz CT molecular complexity index is 1350. The minimum atomic E-state index is -5.03. The highest BCUT2D eigenvalue weighted by Gasteiger charge is 2.51. The molecule has 5 rings (SSSR count). The lowest BCUT2D eigenvalue weighted by Crippen LogP contribution is -2.51. The number of benzene rings is 2. The van der Waals surface area contributed by atoms with E-state index >= 15 is 0 Å². The van der Waals surface area contributed by atoms with Gasteiger partial charge in [-0.05, 0) is 74.6 Å². The van der Waals surface area contributed by atoms with Gasteiger partial charge in [-0.2, -0.15) is 26.3 Å². The quantitative estimate of drug-likeness (QED) is 0.407. The van der Waals surface area contributed by atoms with Crippen LogP contribution in [0.2, 0.25) is 0 Å². The summed E-state index contributed by atoms with van der Waals surface area (Å²) >= 11 is 0. The minimum Gasteiger partial charge on any atom is -0.390 e. The molecule has 0 radical (unpaired) electrons. The minimum absolute atomic E-state index is 0.00549. The van der Waals surface area contributed by atoms with Gasteiger partial charge in [-0.3, -0.25) is 9.59 Å². The normalized spacial score (nSPS) is 26.5. The summed E-state index contributed by atoms with van der Waals surface area (Å²) in [5, 5.41) is 10.3. The van der Waals surface area contributed by atoms with Gasteiger partial charge in [-0.1, -0.05) is 12.1 Å². The van der Waals surface area contributed by atoms with Gasteiger partial charge in [-0.25, -0.2) is 4.39 Å². The molecule has 3 aliphatic heterocycles. The maximum atomic E-state index is 13.8. The zero-order chi connectivity index (χ0) is 32.2. The topological polar surface area (TPSA) is 70.1 Å². The first-order valence-electron chi connectivity index (χ1n) is 14.4. The predicted molar refractivity (Wildman–Crippen MR) is 144 cm³/mol. The fourth-order valence-electron chi connectivity index (χ4n) is 6.61. The van der Waals surface area contributed by atoms with Crippen LogP contribution in [-0.4, -0.2) is 64.1 Å². The summed E-state index contributed by atoms with van der Waals surface area (Å²) in [4.78, 5) is 30.0. The SMILES string of the molecule is C[C@@H](O[C@H]1CN2C(=O)CC(C(=O)N3CCC(C)(O)CC3)C[C@H]2C1c1ccc(F)cc1)c1cc(C(F)(F)F)cc(C(F)(F)F)c1. The van der Waals surface area contributed by atoms with Gasteiger partial charge in [0, 0.05) is 43.9 Å². The maximum absolute atomic E-state index is 13.8. The first-order valence-corrected chi connectivity index (χ1v) is 14.4. The first kappa shape index (κ1) is 32.2. The molecule has 240 valence electrons. The fourth-order valence-corrected chi connectivity index (χ4v) is 6.61. The van der Waals surface area contributed by atoms with Crippen molar-refractivity contribution >= 4 is 11.8 Å². The second kappa shape index (κ2) is 11.6. The molecule has 5 atom stereocenters. The van der Waals surface area contributed by atoms with Gasteiger partial charge in [-0.15, -0.1) is 0 Å². The molecule has 0 aromatic heterocycles. The maximum Gasteiger partial charge on any atom is 0.416 e. The number of alkyl halides is 6. The molecule has 0 bridgehead atoms. The zero-order valence-electron chi connectivity index (χ0n) is 24.1. The summed E-state index contributed by atoms with van der Waals surface area (Å²) in [5.74, 6) is -2.36. The summed E-state index contributed by atoms with van der Waals surface area (Å²) in [5.41, 5.74) is -3.59. The number of ether oxygens (including phenoxy) is 1. The predicted octanol–water partition coefficient (Wildman–Crippen LogP) is 6.09. The Morgan fingerprint density at radius 2 is 1.57 bits per heavy atom. The molecule has 2 unspecified atom stereocenters. The summed E-state index contributed by atoms with van der Waals surface area (Å²) in [6, 6.07) is 6.13. The molecule has 3 fully saturated rings. The highest BCUT2D eigenvalue weighted by Crippen LogP contribution is 2.45. The van der Waals surface area contributed by atoms with E-state index in [4.69, 9.17) is 4.74 Å². The van der Waals surface area contributed by atoms with E-state index in [1.807, 2.05) is 0 Å². The summed E-state index contributed by atoms with van der Waals surface area (Å²) in [7, 11) is 0. The Balaban J connectivity index is 1.43. The average molecular weight is 631 g/mol. The number of likely N-dealkylation sites (tertiary alicyclic amines) is 1. The van der Waals surface area contributed by atoms with Crippen LogP contribution in [-0.2, 0) is 26.7 Å². The van der Waals surface area contributed by atoms with Crippen molar-refractivity contribution in [1.29, 1.82) is 0 Å². The van der Waals surface area contributed by atoms with Gasteiger partial charge in [0.05, 0.1) is 28.9 Å². The van der Waals surface area contributed by atoms with Crippen molar-refractivity contribution in [2.75, 3.05) is 19.6 Å².